The van der Waals surface area contributed by atoms with Crippen LogP contribution in [-0.2, 0) is 5.41 Å². The molecule has 1 aromatic carbocycles. The van der Waals surface area contributed by atoms with Gasteiger partial charge in [-0.3, -0.25) is 0 Å². The van der Waals surface area contributed by atoms with Gasteiger partial charge in [-0.2, -0.15) is 0 Å². The van der Waals surface area contributed by atoms with E-state index in [1.54, 1.807) is 6.07 Å². The van der Waals surface area contributed by atoms with Crippen LogP contribution < -0.4 is 5.73 Å². The van der Waals surface area contributed by atoms with Crippen molar-refractivity contribution in [3.05, 3.63) is 23.8 Å². The van der Waals surface area contributed by atoms with Crippen LogP contribution in [0.3, 0.4) is 0 Å². The summed E-state index contributed by atoms with van der Waals surface area (Å²) in [5.74, 6) is 0.00134. The molecule has 1 saturated carbocycles. The molecular weight excluding hydrogens is 190 g/mol. The minimum absolute atomic E-state index is 0.0115. The summed E-state index contributed by atoms with van der Waals surface area (Å²) in [6, 6.07) is 5.18. The van der Waals surface area contributed by atoms with Crippen LogP contribution in [0.2, 0.25) is 0 Å². The average Bonchev–Trinajstić information content (AvgIpc) is 2.17. The fourth-order valence-electron chi connectivity index (χ4n) is 2.49. The summed E-state index contributed by atoms with van der Waals surface area (Å²) in [6.45, 7) is 0.620. The number of phenols is 2. The van der Waals surface area contributed by atoms with Crippen molar-refractivity contribution in [2.75, 3.05) is 6.54 Å². The molecular formula is C12H17NO2. The van der Waals surface area contributed by atoms with E-state index in [9.17, 15) is 10.2 Å². The number of hydrogen-bond donors (Lipinski definition) is 3. The Balaban J connectivity index is 2.38. The van der Waals surface area contributed by atoms with Crippen LogP contribution in [0.25, 0.3) is 0 Å². The minimum Gasteiger partial charge on any atom is -0.504 e. The van der Waals surface area contributed by atoms with Crippen LogP contribution in [0.5, 0.6) is 11.5 Å². The second-order valence-electron chi connectivity index (χ2n) is 4.35. The number of hydrogen-bond acceptors (Lipinski definition) is 3. The van der Waals surface area contributed by atoms with Gasteiger partial charge in [0.2, 0.25) is 0 Å². The molecule has 0 spiro atoms. The van der Waals surface area contributed by atoms with Crippen LogP contribution in [0.4, 0.5) is 0 Å². The molecule has 3 heteroatoms. The average molecular weight is 207 g/mol. The lowest BCUT2D eigenvalue weighted by molar-refractivity contribution is 0.221. The zero-order chi connectivity index (χ0) is 10.9. The fraction of sp³-hybridized carbons (Fsp3) is 0.500. The van der Waals surface area contributed by atoms with Gasteiger partial charge < -0.3 is 15.9 Å². The molecule has 0 aliphatic heterocycles. The largest absolute Gasteiger partial charge is 0.504 e. The molecule has 4 N–H and O–H groups in total. The molecule has 1 aromatic rings. The first-order chi connectivity index (χ1) is 7.19. The van der Waals surface area contributed by atoms with E-state index in [4.69, 9.17) is 5.73 Å². The number of nitrogens with two attached hydrogens (primary N) is 1. The summed E-state index contributed by atoms with van der Waals surface area (Å²) in [4.78, 5) is 0. The zero-order valence-electron chi connectivity index (χ0n) is 8.74. The normalized spacial score (nSPS) is 18.5. The minimum atomic E-state index is -0.0317. The Labute approximate surface area is 89.5 Å². The lowest BCUT2D eigenvalue weighted by atomic mass is 9.62. The number of benzene rings is 1. The van der Waals surface area contributed by atoms with Gasteiger partial charge in [-0.05, 0) is 31.9 Å². The number of aromatic hydroxyl groups is 2. The standard InChI is InChI=1S/C12H17NO2/c13-8-7-12(5-2-6-12)9-3-1-4-10(14)11(9)15/h1,3-4,14-15H,2,5-8,13H2. The van der Waals surface area contributed by atoms with E-state index in [1.165, 1.54) is 12.5 Å². The molecule has 1 aliphatic carbocycles. The van der Waals surface area contributed by atoms with Crippen molar-refractivity contribution >= 4 is 0 Å². The lowest BCUT2D eigenvalue weighted by Crippen LogP contribution is -2.36. The summed E-state index contributed by atoms with van der Waals surface area (Å²) in [7, 11) is 0. The van der Waals surface area contributed by atoms with Crippen LogP contribution in [0.15, 0.2) is 18.2 Å². The second-order valence-corrected chi connectivity index (χ2v) is 4.35. The van der Waals surface area contributed by atoms with E-state index < -0.39 is 0 Å². The molecule has 0 atom stereocenters. The number of rotatable bonds is 3. The van der Waals surface area contributed by atoms with Gasteiger partial charge in [0.1, 0.15) is 0 Å². The Hall–Kier alpha value is -1.22. The smallest absolute Gasteiger partial charge is 0.161 e. The number of para-hydroxylation sites is 1. The van der Waals surface area contributed by atoms with E-state index in [1.807, 2.05) is 6.07 Å². The third-order valence-corrected chi connectivity index (χ3v) is 3.52. The molecule has 0 heterocycles. The molecule has 15 heavy (non-hydrogen) atoms. The van der Waals surface area contributed by atoms with Crippen molar-refractivity contribution in [3.63, 3.8) is 0 Å². The van der Waals surface area contributed by atoms with Crippen molar-refractivity contribution in [3.8, 4) is 11.5 Å². The van der Waals surface area contributed by atoms with Gasteiger partial charge in [-0.25, -0.2) is 0 Å². The van der Waals surface area contributed by atoms with Crippen LogP contribution in [0, 0.1) is 0 Å². The predicted molar refractivity (Wildman–Crippen MR) is 59.0 cm³/mol. The Morgan fingerprint density at radius 3 is 2.53 bits per heavy atom. The highest BCUT2D eigenvalue weighted by atomic mass is 16.3. The Bertz CT molecular complexity index is 359. The maximum absolute atomic E-state index is 9.83. The zero-order valence-corrected chi connectivity index (χ0v) is 8.74. The molecule has 2 rings (SSSR count). The van der Waals surface area contributed by atoms with E-state index in [0.717, 1.165) is 24.8 Å². The highest BCUT2D eigenvalue weighted by Gasteiger charge is 2.40. The third-order valence-electron chi connectivity index (χ3n) is 3.52. The first kappa shape index (κ1) is 10.3. The van der Waals surface area contributed by atoms with Crippen molar-refractivity contribution < 1.29 is 10.2 Å². The molecule has 0 radical (unpaired) electrons. The summed E-state index contributed by atoms with van der Waals surface area (Å²) in [5, 5.41) is 19.3. The molecule has 1 aliphatic rings. The number of phenolic OH excluding ortho intramolecular Hbond substituents is 2. The van der Waals surface area contributed by atoms with Crippen LogP contribution >= 0.6 is 0 Å². The quantitative estimate of drug-likeness (QED) is 0.663. The summed E-state index contributed by atoms with van der Waals surface area (Å²) >= 11 is 0. The van der Waals surface area contributed by atoms with E-state index >= 15 is 0 Å². The van der Waals surface area contributed by atoms with Gasteiger partial charge in [0, 0.05) is 11.0 Å². The molecule has 0 unspecified atom stereocenters. The van der Waals surface area contributed by atoms with Gasteiger partial charge in [0.05, 0.1) is 0 Å². The molecule has 1 fully saturated rings. The van der Waals surface area contributed by atoms with Crippen LogP contribution in [-0.4, -0.2) is 16.8 Å². The highest BCUT2D eigenvalue weighted by molar-refractivity contribution is 5.49. The van der Waals surface area contributed by atoms with Gasteiger partial charge in [-0.15, -0.1) is 0 Å². The van der Waals surface area contributed by atoms with E-state index in [-0.39, 0.29) is 16.9 Å². The fourth-order valence-corrected chi connectivity index (χ4v) is 2.49. The van der Waals surface area contributed by atoms with Crippen molar-refractivity contribution in [2.24, 2.45) is 5.73 Å². The van der Waals surface area contributed by atoms with Gasteiger partial charge >= 0.3 is 0 Å². The third kappa shape index (κ3) is 1.57. The topological polar surface area (TPSA) is 66.5 Å². The monoisotopic (exact) mass is 207 g/mol. The summed E-state index contributed by atoms with van der Waals surface area (Å²) in [5.41, 5.74) is 6.48. The maximum Gasteiger partial charge on any atom is 0.161 e. The first-order valence-electron chi connectivity index (χ1n) is 5.41. The molecule has 0 saturated heterocycles. The molecule has 82 valence electrons. The molecule has 0 bridgehead atoms. The maximum atomic E-state index is 9.83. The second kappa shape index (κ2) is 3.74. The summed E-state index contributed by atoms with van der Waals surface area (Å²) < 4.78 is 0. The van der Waals surface area contributed by atoms with Crippen molar-refractivity contribution in [1.82, 2.24) is 0 Å². The summed E-state index contributed by atoms with van der Waals surface area (Å²) in [6.07, 6.45) is 4.17. The van der Waals surface area contributed by atoms with Gasteiger partial charge in [0.25, 0.3) is 0 Å². The van der Waals surface area contributed by atoms with Crippen LogP contribution in [0.1, 0.15) is 31.2 Å². The predicted octanol–water partition coefficient (Wildman–Crippen LogP) is 1.87. The van der Waals surface area contributed by atoms with E-state index in [0.29, 0.717) is 6.54 Å². The lowest BCUT2D eigenvalue weighted by Gasteiger charge is -2.42. The Morgan fingerprint density at radius 2 is 2.00 bits per heavy atom. The first-order valence-corrected chi connectivity index (χ1v) is 5.41. The Morgan fingerprint density at radius 1 is 1.27 bits per heavy atom. The highest BCUT2D eigenvalue weighted by Crippen LogP contribution is 2.50. The molecule has 3 nitrogen and oxygen atoms in total. The van der Waals surface area contributed by atoms with Gasteiger partial charge in [-0.1, -0.05) is 18.6 Å². The van der Waals surface area contributed by atoms with Crippen molar-refractivity contribution in [1.29, 1.82) is 0 Å². The Kier molecular flexibility index (Phi) is 2.57. The van der Waals surface area contributed by atoms with Gasteiger partial charge in [0.15, 0.2) is 11.5 Å². The van der Waals surface area contributed by atoms with Crippen molar-refractivity contribution in [2.45, 2.75) is 31.1 Å². The van der Waals surface area contributed by atoms with E-state index in [2.05, 4.69) is 0 Å². The molecule has 0 aromatic heterocycles. The SMILES string of the molecule is NCCC1(c2cccc(O)c2O)CCC1. The molecule has 0 amide bonds.